The Balaban J connectivity index is 1.33. The third-order valence-electron chi connectivity index (χ3n) is 4.34. The van der Waals surface area contributed by atoms with Gasteiger partial charge in [-0.2, -0.15) is 0 Å². The lowest BCUT2D eigenvalue weighted by Gasteiger charge is -2.07. The molecule has 0 aliphatic carbocycles. The van der Waals surface area contributed by atoms with Crippen molar-refractivity contribution in [3.63, 3.8) is 0 Å². The van der Waals surface area contributed by atoms with Crippen LogP contribution in [0.15, 0.2) is 67.1 Å². The molecule has 2 heterocycles. The van der Waals surface area contributed by atoms with E-state index in [9.17, 15) is 4.79 Å². The van der Waals surface area contributed by atoms with E-state index in [-0.39, 0.29) is 11.6 Å². The first-order chi connectivity index (χ1) is 13.7. The number of nitrogens with zero attached hydrogens (tertiary/aromatic N) is 2. The summed E-state index contributed by atoms with van der Waals surface area (Å²) in [6.07, 6.45) is 5.89. The van der Waals surface area contributed by atoms with Crippen LogP contribution >= 0.6 is 11.6 Å². The molecule has 0 saturated carbocycles. The molecule has 0 aliphatic rings. The number of rotatable bonds is 6. The van der Waals surface area contributed by atoms with Gasteiger partial charge in [0.15, 0.2) is 0 Å². The molecule has 0 unspecified atom stereocenters. The largest absolute Gasteiger partial charge is 0.368 e. The van der Waals surface area contributed by atoms with Gasteiger partial charge in [-0.1, -0.05) is 35.9 Å². The van der Waals surface area contributed by atoms with E-state index in [2.05, 4.69) is 37.7 Å². The van der Waals surface area contributed by atoms with Gasteiger partial charge in [-0.3, -0.25) is 4.79 Å². The Labute approximate surface area is 167 Å². The van der Waals surface area contributed by atoms with E-state index in [0.717, 1.165) is 11.9 Å². The van der Waals surface area contributed by atoms with E-state index in [1.807, 2.05) is 18.3 Å². The molecule has 140 valence electrons. The van der Waals surface area contributed by atoms with Crippen molar-refractivity contribution in [2.24, 2.45) is 0 Å². The van der Waals surface area contributed by atoms with E-state index in [0.29, 0.717) is 23.1 Å². The van der Waals surface area contributed by atoms with Crippen molar-refractivity contribution in [2.75, 3.05) is 17.2 Å². The first kappa shape index (κ1) is 18.0. The van der Waals surface area contributed by atoms with Crippen LogP contribution in [-0.4, -0.2) is 27.4 Å². The lowest BCUT2D eigenvalue weighted by molar-refractivity contribution is 0.102. The maximum Gasteiger partial charge on any atom is 0.275 e. The Kier molecular flexibility index (Phi) is 5.21. The number of fused-ring (bicyclic) bond motifs is 1. The third kappa shape index (κ3) is 4.13. The second kappa shape index (κ2) is 8.10. The van der Waals surface area contributed by atoms with E-state index in [1.54, 1.807) is 30.5 Å². The van der Waals surface area contributed by atoms with Crippen LogP contribution < -0.4 is 10.6 Å². The van der Waals surface area contributed by atoms with Crippen LogP contribution in [-0.2, 0) is 6.42 Å². The van der Waals surface area contributed by atoms with Crippen molar-refractivity contribution in [3.05, 3.63) is 83.4 Å². The van der Waals surface area contributed by atoms with Gasteiger partial charge in [-0.25, -0.2) is 9.97 Å². The number of carbonyl (C=O) groups excluding carboxylic acids is 1. The summed E-state index contributed by atoms with van der Waals surface area (Å²) < 4.78 is 0. The average Bonchev–Trinajstić information content (AvgIpc) is 3.12. The predicted molar refractivity (Wildman–Crippen MR) is 112 cm³/mol. The van der Waals surface area contributed by atoms with E-state index in [1.165, 1.54) is 17.1 Å². The molecule has 28 heavy (non-hydrogen) atoms. The van der Waals surface area contributed by atoms with Gasteiger partial charge in [0.1, 0.15) is 11.5 Å². The van der Waals surface area contributed by atoms with Crippen LogP contribution in [0.4, 0.5) is 11.5 Å². The maximum atomic E-state index is 12.3. The molecule has 2 aromatic heterocycles. The minimum absolute atomic E-state index is 0.238. The van der Waals surface area contributed by atoms with Crippen LogP contribution in [0.25, 0.3) is 10.9 Å². The van der Waals surface area contributed by atoms with Crippen molar-refractivity contribution in [2.45, 2.75) is 6.42 Å². The number of hydrogen-bond acceptors (Lipinski definition) is 4. The maximum absolute atomic E-state index is 12.3. The summed E-state index contributed by atoms with van der Waals surface area (Å²) in [5, 5.41) is 7.76. The molecule has 0 fully saturated rings. The Morgan fingerprint density at radius 3 is 2.79 bits per heavy atom. The SMILES string of the molecule is O=C(Nc1cccc(Cl)c1)c1cnc(NCCc2c[nH]c3ccccc23)cn1. The summed E-state index contributed by atoms with van der Waals surface area (Å²) in [5.41, 5.74) is 3.23. The summed E-state index contributed by atoms with van der Waals surface area (Å²) >= 11 is 5.92. The van der Waals surface area contributed by atoms with Crippen molar-refractivity contribution in [3.8, 4) is 0 Å². The molecule has 2 aromatic carbocycles. The lowest BCUT2D eigenvalue weighted by Crippen LogP contribution is -2.15. The van der Waals surface area contributed by atoms with Crippen molar-refractivity contribution in [1.82, 2.24) is 15.0 Å². The molecule has 6 nitrogen and oxygen atoms in total. The highest BCUT2D eigenvalue weighted by Crippen LogP contribution is 2.18. The second-order valence-electron chi connectivity index (χ2n) is 6.29. The number of H-pyrrole nitrogens is 1. The van der Waals surface area contributed by atoms with E-state index in [4.69, 9.17) is 11.6 Å². The van der Waals surface area contributed by atoms with E-state index >= 15 is 0 Å². The summed E-state index contributed by atoms with van der Waals surface area (Å²) in [5.74, 6) is 0.291. The highest BCUT2D eigenvalue weighted by Gasteiger charge is 2.09. The van der Waals surface area contributed by atoms with E-state index < -0.39 is 0 Å². The van der Waals surface area contributed by atoms with Crippen molar-refractivity contribution >= 4 is 39.9 Å². The molecule has 1 amide bonds. The number of benzene rings is 2. The van der Waals surface area contributed by atoms with Crippen LogP contribution in [0.2, 0.25) is 5.02 Å². The van der Waals surface area contributed by atoms with Gasteiger partial charge < -0.3 is 15.6 Å². The molecule has 0 saturated heterocycles. The van der Waals surface area contributed by atoms with Gasteiger partial charge in [0.25, 0.3) is 5.91 Å². The number of carbonyl (C=O) groups is 1. The number of anilines is 2. The fourth-order valence-corrected chi connectivity index (χ4v) is 3.15. The Hall–Kier alpha value is -3.38. The van der Waals surface area contributed by atoms with Crippen LogP contribution in [0.1, 0.15) is 16.1 Å². The fraction of sp³-hybridized carbons (Fsp3) is 0.0952. The quantitative estimate of drug-likeness (QED) is 0.451. The number of hydrogen-bond donors (Lipinski definition) is 3. The van der Waals surface area contributed by atoms with Gasteiger partial charge in [0, 0.05) is 34.4 Å². The summed E-state index contributed by atoms with van der Waals surface area (Å²) in [4.78, 5) is 24.0. The van der Waals surface area contributed by atoms with Gasteiger partial charge in [-0.15, -0.1) is 0 Å². The molecule has 3 N–H and O–H groups in total. The summed E-state index contributed by atoms with van der Waals surface area (Å²) in [7, 11) is 0. The molecule has 4 rings (SSSR count). The molecular weight excluding hydrogens is 374 g/mol. The number of aromatic amines is 1. The molecule has 0 spiro atoms. The topological polar surface area (TPSA) is 82.7 Å². The Bertz CT molecular complexity index is 1110. The average molecular weight is 392 g/mol. The monoisotopic (exact) mass is 391 g/mol. The standard InChI is InChI=1S/C21H18ClN5O/c22-15-4-3-5-16(10-15)27-21(28)19-12-26-20(13-25-19)23-9-8-14-11-24-18-7-2-1-6-17(14)18/h1-7,10-13,24H,8-9H2,(H,23,26)(H,27,28). The van der Waals surface area contributed by atoms with Gasteiger partial charge >= 0.3 is 0 Å². The Morgan fingerprint density at radius 2 is 1.96 bits per heavy atom. The zero-order chi connectivity index (χ0) is 19.3. The normalized spacial score (nSPS) is 10.8. The Morgan fingerprint density at radius 1 is 1.07 bits per heavy atom. The molecule has 4 aromatic rings. The number of aromatic nitrogens is 3. The minimum atomic E-state index is -0.333. The highest BCUT2D eigenvalue weighted by molar-refractivity contribution is 6.30. The van der Waals surface area contributed by atoms with Crippen molar-refractivity contribution < 1.29 is 4.79 Å². The molecule has 0 radical (unpaired) electrons. The van der Waals surface area contributed by atoms with Gasteiger partial charge in [-0.05, 0) is 36.2 Å². The number of nitrogens with one attached hydrogen (secondary N) is 3. The third-order valence-corrected chi connectivity index (χ3v) is 4.58. The first-order valence-corrected chi connectivity index (χ1v) is 9.25. The zero-order valence-electron chi connectivity index (χ0n) is 14.9. The second-order valence-corrected chi connectivity index (χ2v) is 6.72. The van der Waals surface area contributed by atoms with Gasteiger partial charge in [0.05, 0.1) is 12.4 Å². The number of para-hydroxylation sites is 1. The first-order valence-electron chi connectivity index (χ1n) is 8.87. The zero-order valence-corrected chi connectivity index (χ0v) is 15.7. The number of halogens is 1. The minimum Gasteiger partial charge on any atom is -0.368 e. The predicted octanol–water partition coefficient (Wildman–Crippen LogP) is 4.52. The fourth-order valence-electron chi connectivity index (χ4n) is 2.96. The highest BCUT2D eigenvalue weighted by atomic mass is 35.5. The number of amides is 1. The summed E-state index contributed by atoms with van der Waals surface area (Å²) in [6.45, 7) is 0.713. The van der Waals surface area contributed by atoms with Crippen LogP contribution in [0, 0.1) is 0 Å². The lowest BCUT2D eigenvalue weighted by atomic mass is 10.1. The molecule has 0 atom stereocenters. The van der Waals surface area contributed by atoms with Crippen molar-refractivity contribution in [1.29, 1.82) is 0 Å². The van der Waals surface area contributed by atoms with Gasteiger partial charge in [0.2, 0.25) is 0 Å². The van der Waals surface area contributed by atoms with Crippen LogP contribution in [0.5, 0.6) is 0 Å². The molecule has 0 bridgehead atoms. The molecule has 7 heteroatoms. The summed E-state index contributed by atoms with van der Waals surface area (Å²) in [6, 6.07) is 15.2. The molecular formula is C21H18ClN5O. The smallest absolute Gasteiger partial charge is 0.275 e. The molecule has 0 aliphatic heterocycles. The van der Waals surface area contributed by atoms with Crippen LogP contribution in [0.3, 0.4) is 0 Å².